The van der Waals surface area contributed by atoms with Gasteiger partial charge in [0.1, 0.15) is 5.76 Å². The van der Waals surface area contributed by atoms with Gasteiger partial charge in [0.15, 0.2) is 5.82 Å². The van der Waals surface area contributed by atoms with Crippen molar-refractivity contribution >= 4 is 23.4 Å². The van der Waals surface area contributed by atoms with Gasteiger partial charge >= 0.3 is 6.03 Å². The maximum atomic E-state index is 12.3. The molecule has 24 heavy (non-hydrogen) atoms. The van der Waals surface area contributed by atoms with Crippen molar-refractivity contribution < 1.29 is 14.1 Å². The quantitative estimate of drug-likeness (QED) is 0.906. The highest BCUT2D eigenvalue weighted by molar-refractivity contribution is 5.97. The highest BCUT2D eigenvalue weighted by Gasteiger charge is 2.31. The monoisotopic (exact) mass is 328 g/mol. The van der Waals surface area contributed by atoms with Crippen LogP contribution >= 0.6 is 0 Å². The summed E-state index contributed by atoms with van der Waals surface area (Å²) in [5, 5.41) is 9.09. The molecular formula is C17H20N4O3. The van der Waals surface area contributed by atoms with Gasteiger partial charge in [0.05, 0.1) is 6.04 Å². The van der Waals surface area contributed by atoms with Crippen LogP contribution in [-0.4, -0.2) is 29.7 Å². The smallest absolute Gasteiger partial charge is 0.320 e. The lowest BCUT2D eigenvalue weighted by atomic mass is 10.1. The molecule has 1 saturated heterocycles. The van der Waals surface area contributed by atoms with Gasteiger partial charge in [-0.2, -0.15) is 0 Å². The van der Waals surface area contributed by atoms with E-state index in [1.165, 1.54) is 5.56 Å². The van der Waals surface area contributed by atoms with Crippen LogP contribution in [0.15, 0.2) is 28.8 Å². The van der Waals surface area contributed by atoms with Gasteiger partial charge in [0.2, 0.25) is 5.91 Å². The lowest BCUT2D eigenvalue weighted by molar-refractivity contribution is -0.117. The summed E-state index contributed by atoms with van der Waals surface area (Å²) >= 11 is 0. The average molecular weight is 328 g/mol. The standard InChI is InChI=1S/C17H20N4O3/c1-10-4-5-14(6-11(10)2)21-9-13(8-16(21)22)18-17(23)19-15-7-12(3)24-20-15/h4-7,13H,8-9H2,1-3H3,(H2,18,19,20,23)/t13-/m1/s1. The number of benzene rings is 1. The Balaban J connectivity index is 1.61. The predicted molar refractivity (Wildman–Crippen MR) is 90.1 cm³/mol. The Morgan fingerprint density at radius 3 is 2.71 bits per heavy atom. The molecule has 1 aromatic heterocycles. The van der Waals surface area contributed by atoms with Crippen molar-refractivity contribution in [2.45, 2.75) is 33.2 Å². The van der Waals surface area contributed by atoms with E-state index >= 15 is 0 Å². The number of hydrogen-bond donors (Lipinski definition) is 2. The molecule has 1 aliphatic heterocycles. The van der Waals surface area contributed by atoms with Crippen molar-refractivity contribution in [1.29, 1.82) is 0 Å². The summed E-state index contributed by atoms with van der Waals surface area (Å²) in [5.41, 5.74) is 3.18. The molecule has 7 heteroatoms. The molecule has 1 aromatic carbocycles. The average Bonchev–Trinajstić information content (AvgIpc) is 3.08. The molecular weight excluding hydrogens is 308 g/mol. The summed E-state index contributed by atoms with van der Waals surface area (Å²) in [4.78, 5) is 25.9. The summed E-state index contributed by atoms with van der Waals surface area (Å²) < 4.78 is 4.89. The molecule has 0 unspecified atom stereocenters. The molecule has 2 N–H and O–H groups in total. The van der Waals surface area contributed by atoms with Crippen molar-refractivity contribution in [3.8, 4) is 0 Å². The van der Waals surface area contributed by atoms with Crippen LogP contribution in [0.4, 0.5) is 16.3 Å². The largest absolute Gasteiger partial charge is 0.360 e. The Morgan fingerprint density at radius 1 is 1.25 bits per heavy atom. The number of carbonyl (C=O) groups excluding carboxylic acids is 2. The first-order valence-electron chi connectivity index (χ1n) is 7.81. The molecule has 7 nitrogen and oxygen atoms in total. The highest BCUT2D eigenvalue weighted by atomic mass is 16.5. The van der Waals surface area contributed by atoms with E-state index in [4.69, 9.17) is 4.52 Å². The predicted octanol–water partition coefficient (Wildman–Crippen LogP) is 2.53. The fraction of sp³-hybridized carbons (Fsp3) is 0.353. The number of carbonyl (C=O) groups is 2. The van der Waals surface area contributed by atoms with E-state index < -0.39 is 6.03 Å². The SMILES string of the molecule is Cc1cc(NC(=O)N[C@@H]2CC(=O)N(c3ccc(C)c(C)c3)C2)no1. The number of rotatable bonds is 3. The van der Waals surface area contributed by atoms with Crippen LogP contribution in [0.2, 0.25) is 0 Å². The summed E-state index contributed by atoms with van der Waals surface area (Å²) in [6.07, 6.45) is 0.276. The molecule has 0 spiro atoms. The van der Waals surface area contributed by atoms with Crippen LogP contribution in [0.5, 0.6) is 0 Å². The van der Waals surface area contributed by atoms with Crippen LogP contribution in [-0.2, 0) is 4.79 Å². The Labute approximate surface area is 140 Å². The van der Waals surface area contributed by atoms with E-state index in [9.17, 15) is 9.59 Å². The number of aryl methyl sites for hydroxylation is 3. The first-order valence-corrected chi connectivity index (χ1v) is 7.81. The van der Waals surface area contributed by atoms with Crippen LogP contribution in [0.25, 0.3) is 0 Å². The van der Waals surface area contributed by atoms with Crippen molar-refractivity contribution in [3.05, 3.63) is 41.2 Å². The Morgan fingerprint density at radius 2 is 2.04 bits per heavy atom. The molecule has 1 fully saturated rings. The molecule has 1 aliphatic rings. The van der Waals surface area contributed by atoms with E-state index in [2.05, 4.69) is 15.8 Å². The third-order valence-electron chi connectivity index (χ3n) is 4.13. The number of amides is 3. The van der Waals surface area contributed by atoms with Gasteiger partial charge < -0.3 is 14.7 Å². The molecule has 0 aliphatic carbocycles. The Kier molecular flexibility index (Phi) is 4.24. The van der Waals surface area contributed by atoms with E-state index in [-0.39, 0.29) is 18.4 Å². The van der Waals surface area contributed by atoms with Crippen LogP contribution < -0.4 is 15.5 Å². The van der Waals surface area contributed by atoms with Gasteiger partial charge in [-0.05, 0) is 44.0 Å². The fourth-order valence-corrected chi connectivity index (χ4v) is 2.71. The first-order chi connectivity index (χ1) is 11.4. The second kappa shape index (κ2) is 6.35. The van der Waals surface area contributed by atoms with Gasteiger partial charge in [-0.15, -0.1) is 0 Å². The minimum absolute atomic E-state index is 0.000772. The zero-order valence-electron chi connectivity index (χ0n) is 13.9. The van der Waals surface area contributed by atoms with E-state index in [0.29, 0.717) is 18.1 Å². The normalized spacial score (nSPS) is 17.2. The first kappa shape index (κ1) is 16.0. The number of aromatic nitrogens is 1. The molecule has 0 saturated carbocycles. The van der Waals surface area contributed by atoms with E-state index in [0.717, 1.165) is 11.3 Å². The molecule has 2 heterocycles. The van der Waals surface area contributed by atoms with Crippen molar-refractivity contribution in [2.75, 3.05) is 16.8 Å². The van der Waals surface area contributed by atoms with Crippen LogP contribution in [0.1, 0.15) is 23.3 Å². The van der Waals surface area contributed by atoms with Gasteiger partial charge in [-0.3, -0.25) is 10.1 Å². The van der Waals surface area contributed by atoms with Gasteiger partial charge in [0, 0.05) is 24.7 Å². The number of urea groups is 1. The minimum atomic E-state index is -0.400. The molecule has 2 aromatic rings. The van der Waals surface area contributed by atoms with Crippen molar-refractivity contribution in [3.63, 3.8) is 0 Å². The zero-order valence-corrected chi connectivity index (χ0v) is 13.9. The number of nitrogens with zero attached hydrogens (tertiary/aromatic N) is 2. The van der Waals surface area contributed by atoms with Gasteiger partial charge in [0.25, 0.3) is 0 Å². The lowest BCUT2D eigenvalue weighted by Gasteiger charge is -2.18. The summed E-state index contributed by atoms with van der Waals surface area (Å²) in [6.45, 7) is 6.24. The molecule has 3 amide bonds. The lowest BCUT2D eigenvalue weighted by Crippen LogP contribution is -2.39. The number of nitrogens with one attached hydrogen (secondary N) is 2. The molecule has 3 rings (SSSR count). The highest BCUT2D eigenvalue weighted by Crippen LogP contribution is 2.24. The summed E-state index contributed by atoms with van der Waals surface area (Å²) in [5.74, 6) is 0.962. The molecule has 1 atom stereocenters. The maximum absolute atomic E-state index is 12.3. The minimum Gasteiger partial charge on any atom is -0.360 e. The van der Waals surface area contributed by atoms with E-state index in [1.807, 2.05) is 32.0 Å². The molecule has 0 bridgehead atoms. The second-order valence-electron chi connectivity index (χ2n) is 6.10. The van der Waals surface area contributed by atoms with Crippen molar-refractivity contribution in [2.24, 2.45) is 0 Å². The molecule has 126 valence electrons. The topological polar surface area (TPSA) is 87.5 Å². The number of anilines is 2. The third-order valence-corrected chi connectivity index (χ3v) is 4.13. The van der Waals surface area contributed by atoms with Crippen LogP contribution in [0.3, 0.4) is 0 Å². The van der Waals surface area contributed by atoms with Crippen LogP contribution in [0, 0.1) is 20.8 Å². The summed E-state index contributed by atoms with van der Waals surface area (Å²) in [7, 11) is 0. The Hall–Kier alpha value is -2.83. The second-order valence-corrected chi connectivity index (χ2v) is 6.10. The molecule has 0 radical (unpaired) electrons. The van der Waals surface area contributed by atoms with Crippen molar-refractivity contribution in [1.82, 2.24) is 10.5 Å². The van der Waals surface area contributed by atoms with Gasteiger partial charge in [-0.25, -0.2) is 4.79 Å². The number of hydrogen-bond acceptors (Lipinski definition) is 4. The third kappa shape index (κ3) is 3.40. The van der Waals surface area contributed by atoms with Gasteiger partial charge in [-0.1, -0.05) is 11.2 Å². The Bertz CT molecular complexity index is 784. The summed E-state index contributed by atoms with van der Waals surface area (Å²) in [6, 6.07) is 6.91. The zero-order chi connectivity index (χ0) is 17.3. The fourth-order valence-electron chi connectivity index (χ4n) is 2.71. The maximum Gasteiger partial charge on any atom is 0.320 e. The van der Waals surface area contributed by atoms with E-state index in [1.54, 1.807) is 17.9 Å².